The average Bonchev–Trinajstić information content (AvgIpc) is 3.10. The van der Waals surface area contributed by atoms with E-state index in [4.69, 9.17) is 9.47 Å². The molecule has 1 atom stereocenters. The number of amides is 2. The molecule has 2 N–H and O–H groups in total. The Balaban J connectivity index is 1.32. The van der Waals surface area contributed by atoms with Crippen LogP contribution in [0.5, 0.6) is 0 Å². The van der Waals surface area contributed by atoms with Crippen LogP contribution in [0, 0.1) is 0 Å². The fraction of sp³-hybridized carbons (Fsp3) is 0.348. The minimum Gasteiger partial charge on any atom is -0.479 e. The summed E-state index contributed by atoms with van der Waals surface area (Å²) >= 11 is 0. The Kier molecular flexibility index (Phi) is 5.65. The zero-order valence-corrected chi connectivity index (χ0v) is 17.2. The minimum absolute atomic E-state index is 0.0654. The van der Waals surface area contributed by atoms with Gasteiger partial charge in [0.25, 0.3) is 0 Å². The van der Waals surface area contributed by atoms with Crippen molar-refractivity contribution >= 4 is 18.0 Å². The summed E-state index contributed by atoms with van der Waals surface area (Å²) < 4.78 is 10.7. The molecule has 0 bridgehead atoms. The molecule has 4 rings (SSSR count). The monoisotopic (exact) mass is 424 g/mol. The fourth-order valence-corrected chi connectivity index (χ4v) is 4.12. The van der Waals surface area contributed by atoms with E-state index < -0.39 is 17.7 Å². The van der Waals surface area contributed by atoms with E-state index in [-0.39, 0.29) is 44.7 Å². The van der Waals surface area contributed by atoms with E-state index in [1.165, 1.54) is 11.8 Å². The third kappa shape index (κ3) is 4.11. The number of carboxylic acid groups (broad SMARTS) is 1. The predicted octanol–water partition coefficient (Wildman–Crippen LogP) is 2.23. The molecular weight excluding hydrogens is 400 g/mol. The van der Waals surface area contributed by atoms with Gasteiger partial charge in [-0.05, 0) is 29.2 Å². The summed E-state index contributed by atoms with van der Waals surface area (Å²) in [5.41, 5.74) is 3.03. The Morgan fingerprint density at radius 3 is 2.35 bits per heavy atom. The number of fused-ring (bicyclic) bond motifs is 3. The third-order valence-corrected chi connectivity index (χ3v) is 5.81. The molecule has 8 nitrogen and oxygen atoms in total. The number of ether oxygens (including phenoxy) is 2. The van der Waals surface area contributed by atoms with Crippen molar-refractivity contribution in [2.24, 2.45) is 0 Å². The quantitative estimate of drug-likeness (QED) is 0.763. The highest BCUT2D eigenvalue weighted by Gasteiger charge is 2.40. The maximum Gasteiger partial charge on any atom is 0.407 e. The summed E-state index contributed by atoms with van der Waals surface area (Å²) in [5.74, 6) is -1.58. The maximum absolute atomic E-state index is 12.4. The van der Waals surface area contributed by atoms with E-state index in [0.29, 0.717) is 0 Å². The van der Waals surface area contributed by atoms with Gasteiger partial charge in [-0.15, -0.1) is 0 Å². The zero-order chi connectivity index (χ0) is 22.0. The Hall–Kier alpha value is -3.39. The second-order valence-electron chi connectivity index (χ2n) is 7.88. The van der Waals surface area contributed by atoms with Gasteiger partial charge in [-0.25, -0.2) is 9.59 Å². The standard InChI is InChI=1S/C23H24N2O6/c1-23(21(27)28)14-25(10-11-31-23)20(26)12-24-22(29)30-13-19-17-8-4-2-6-15(17)16-7-3-5-9-18(16)19/h2-9,19H,10-14H2,1H3,(H,24,29)(H,27,28). The number of aliphatic carboxylic acids is 1. The predicted molar refractivity (Wildman–Crippen MR) is 112 cm³/mol. The van der Waals surface area contributed by atoms with Crippen LogP contribution in [-0.2, 0) is 19.1 Å². The van der Waals surface area contributed by atoms with Gasteiger partial charge in [0.1, 0.15) is 13.2 Å². The van der Waals surface area contributed by atoms with Gasteiger partial charge in [0, 0.05) is 12.5 Å². The number of carboxylic acids is 1. The van der Waals surface area contributed by atoms with Crippen LogP contribution < -0.4 is 5.32 Å². The molecule has 2 aliphatic rings. The molecule has 2 amide bonds. The van der Waals surface area contributed by atoms with Crippen molar-refractivity contribution in [1.29, 1.82) is 0 Å². The number of hydrogen-bond donors (Lipinski definition) is 2. The summed E-state index contributed by atoms with van der Waals surface area (Å²) in [6, 6.07) is 16.1. The van der Waals surface area contributed by atoms with Crippen molar-refractivity contribution in [3.63, 3.8) is 0 Å². The minimum atomic E-state index is -1.45. The van der Waals surface area contributed by atoms with Crippen LogP contribution in [0.15, 0.2) is 48.5 Å². The number of nitrogens with zero attached hydrogens (tertiary/aromatic N) is 1. The lowest BCUT2D eigenvalue weighted by molar-refractivity contribution is -0.176. The van der Waals surface area contributed by atoms with Crippen LogP contribution in [0.25, 0.3) is 11.1 Å². The van der Waals surface area contributed by atoms with Gasteiger partial charge in [0.05, 0.1) is 13.2 Å². The van der Waals surface area contributed by atoms with E-state index in [9.17, 15) is 19.5 Å². The highest BCUT2D eigenvalue weighted by molar-refractivity contribution is 5.84. The molecule has 2 aromatic rings. The summed E-state index contributed by atoms with van der Waals surface area (Å²) in [6.45, 7) is 1.63. The van der Waals surface area contributed by atoms with Crippen LogP contribution in [0.1, 0.15) is 24.0 Å². The molecule has 1 aliphatic heterocycles. The zero-order valence-electron chi connectivity index (χ0n) is 17.2. The lowest BCUT2D eigenvalue weighted by Gasteiger charge is -2.37. The lowest BCUT2D eigenvalue weighted by Crippen LogP contribution is -2.57. The Labute approximate surface area is 179 Å². The third-order valence-electron chi connectivity index (χ3n) is 5.81. The molecule has 1 aliphatic carbocycles. The van der Waals surface area contributed by atoms with Crippen molar-refractivity contribution in [2.75, 3.05) is 32.8 Å². The molecule has 2 aromatic carbocycles. The molecule has 8 heteroatoms. The number of rotatable bonds is 5. The first kappa shape index (κ1) is 20.9. The van der Waals surface area contributed by atoms with Crippen molar-refractivity contribution in [3.05, 3.63) is 59.7 Å². The first-order valence-electron chi connectivity index (χ1n) is 10.1. The Morgan fingerprint density at radius 2 is 1.74 bits per heavy atom. The number of morpholine rings is 1. The van der Waals surface area contributed by atoms with E-state index in [1.54, 1.807) is 0 Å². The van der Waals surface area contributed by atoms with Gasteiger partial charge in [-0.3, -0.25) is 4.79 Å². The van der Waals surface area contributed by atoms with Gasteiger partial charge in [-0.1, -0.05) is 48.5 Å². The van der Waals surface area contributed by atoms with Crippen LogP contribution in [0.4, 0.5) is 4.79 Å². The molecule has 0 radical (unpaired) electrons. The van der Waals surface area contributed by atoms with Crippen LogP contribution in [-0.4, -0.2) is 66.4 Å². The molecular formula is C23H24N2O6. The van der Waals surface area contributed by atoms with Gasteiger partial charge >= 0.3 is 12.1 Å². The SMILES string of the molecule is CC1(C(=O)O)CN(C(=O)CNC(=O)OCC2c3ccccc3-c3ccccc32)CCO1. The molecule has 1 fully saturated rings. The Bertz CT molecular complexity index is 977. The normalized spacial score (nSPS) is 20.0. The second-order valence-corrected chi connectivity index (χ2v) is 7.88. The number of nitrogens with one attached hydrogen (secondary N) is 1. The summed E-state index contributed by atoms with van der Waals surface area (Å²) in [7, 11) is 0. The fourth-order valence-electron chi connectivity index (χ4n) is 4.12. The number of alkyl carbamates (subject to hydrolysis) is 1. The number of carbonyl (C=O) groups excluding carboxylic acids is 2. The number of carbonyl (C=O) groups is 3. The van der Waals surface area contributed by atoms with E-state index in [1.807, 2.05) is 36.4 Å². The second kappa shape index (κ2) is 8.39. The van der Waals surface area contributed by atoms with E-state index >= 15 is 0 Å². The van der Waals surface area contributed by atoms with Crippen molar-refractivity contribution in [3.8, 4) is 11.1 Å². The molecule has 0 spiro atoms. The van der Waals surface area contributed by atoms with Crippen LogP contribution in [0.3, 0.4) is 0 Å². The first-order valence-corrected chi connectivity index (χ1v) is 10.1. The highest BCUT2D eigenvalue weighted by Crippen LogP contribution is 2.44. The van der Waals surface area contributed by atoms with Crippen LogP contribution >= 0.6 is 0 Å². The van der Waals surface area contributed by atoms with Crippen LogP contribution in [0.2, 0.25) is 0 Å². The van der Waals surface area contributed by atoms with Crippen molar-refractivity contribution < 1.29 is 29.0 Å². The lowest BCUT2D eigenvalue weighted by atomic mass is 9.98. The average molecular weight is 424 g/mol. The van der Waals surface area contributed by atoms with E-state index in [0.717, 1.165) is 22.3 Å². The molecule has 1 unspecified atom stereocenters. The van der Waals surface area contributed by atoms with Gasteiger partial charge < -0.3 is 24.8 Å². The number of hydrogen-bond acceptors (Lipinski definition) is 5. The Morgan fingerprint density at radius 1 is 1.13 bits per heavy atom. The molecule has 162 valence electrons. The first-order chi connectivity index (χ1) is 14.9. The highest BCUT2D eigenvalue weighted by atomic mass is 16.5. The maximum atomic E-state index is 12.4. The number of benzene rings is 2. The van der Waals surface area contributed by atoms with Gasteiger partial charge in [0.2, 0.25) is 5.91 Å². The summed E-state index contributed by atoms with van der Waals surface area (Å²) in [5, 5.41) is 11.7. The summed E-state index contributed by atoms with van der Waals surface area (Å²) in [6.07, 6.45) is -0.690. The molecule has 31 heavy (non-hydrogen) atoms. The van der Waals surface area contributed by atoms with E-state index in [2.05, 4.69) is 17.4 Å². The smallest absolute Gasteiger partial charge is 0.407 e. The van der Waals surface area contributed by atoms with Gasteiger partial charge in [-0.2, -0.15) is 0 Å². The largest absolute Gasteiger partial charge is 0.479 e. The molecule has 0 saturated carbocycles. The summed E-state index contributed by atoms with van der Waals surface area (Å²) in [4.78, 5) is 37.4. The molecule has 0 aromatic heterocycles. The van der Waals surface area contributed by atoms with Gasteiger partial charge in [0.15, 0.2) is 5.60 Å². The van der Waals surface area contributed by atoms with Crippen molar-refractivity contribution in [2.45, 2.75) is 18.4 Å². The topological polar surface area (TPSA) is 105 Å². The molecule has 1 saturated heterocycles. The van der Waals surface area contributed by atoms with Crippen molar-refractivity contribution in [1.82, 2.24) is 10.2 Å². The molecule has 1 heterocycles.